The van der Waals surface area contributed by atoms with Gasteiger partial charge in [-0.15, -0.1) is 0 Å². The van der Waals surface area contributed by atoms with Crippen molar-refractivity contribution in [2.75, 3.05) is 20.2 Å². The first kappa shape index (κ1) is 18.1. The number of methoxy groups -OCH3 is 1. The maximum Gasteiger partial charge on any atom is 0.250 e. The third-order valence-corrected chi connectivity index (χ3v) is 6.10. The summed E-state index contributed by atoms with van der Waals surface area (Å²) >= 11 is 0. The second-order valence-electron chi connectivity index (χ2n) is 8.05. The quantitative estimate of drug-likeness (QED) is 0.688. The van der Waals surface area contributed by atoms with E-state index in [9.17, 15) is 4.79 Å². The molecule has 3 aromatic rings. The van der Waals surface area contributed by atoms with Crippen LogP contribution in [0, 0.1) is 5.92 Å². The highest BCUT2D eigenvalue weighted by atomic mass is 16.5. The van der Waals surface area contributed by atoms with Gasteiger partial charge in [0.25, 0.3) is 5.56 Å². The van der Waals surface area contributed by atoms with E-state index in [1.54, 1.807) is 13.2 Å². The number of benzene rings is 1. The van der Waals surface area contributed by atoms with Crippen molar-refractivity contribution in [3.63, 3.8) is 0 Å². The molecule has 6 nitrogen and oxygen atoms in total. The van der Waals surface area contributed by atoms with Crippen molar-refractivity contribution in [2.24, 2.45) is 5.92 Å². The van der Waals surface area contributed by atoms with Crippen LogP contribution in [0.25, 0.3) is 11.1 Å². The Hall–Kier alpha value is -2.99. The minimum atomic E-state index is 0.0962. The number of hydrogen-bond donors (Lipinski definition) is 0. The van der Waals surface area contributed by atoms with Crippen molar-refractivity contribution in [3.8, 4) is 16.9 Å². The molecule has 1 fully saturated rings. The van der Waals surface area contributed by atoms with Crippen molar-refractivity contribution in [1.82, 2.24) is 19.4 Å². The number of nitrogens with zero attached hydrogens (tertiary/aromatic N) is 4. The number of rotatable bonds is 4. The molecule has 2 atom stereocenters. The number of hydrogen-bond acceptors (Lipinski definition) is 5. The number of fused-ring (bicyclic) bond motifs is 4. The van der Waals surface area contributed by atoms with E-state index in [0.29, 0.717) is 11.8 Å². The fourth-order valence-electron chi connectivity index (χ4n) is 4.91. The Morgan fingerprint density at radius 3 is 2.59 bits per heavy atom. The molecule has 148 valence electrons. The lowest BCUT2D eigenvalue weighted by atomic mass is 9.80. The molecular formula is C23H24N4O2. The number of aromatic nitrogens is 3. The van der Waals surface area contributed by atoms with Gasteiger partial charge in [0.15, 0.2) is 0 Å². The first-order chi connectivity index (χ1) is 14.2. The molecule has 1 saturated heterocycles. The van der Waals surface area contributed by atoms with Crippen LogP contribution in [-0.2, 0) is 13.1 Å². The number of ether oxygens (including phenoxy) is 1. The van der Waals surface area contributed by atoms with Crippen molar-refractivity contribution in [2.45, 2.75) is 25.4 Å². The highest BCUT2D eigenvalue weighted by molar-refractivity contribution is 5.65. The Bertz CT molecular complexity index is 1060. The van der Waals surface area contributed by atoms with Gasteiger partial charge in [-0.2, -0.15) is 0 Å². The topological polar surface area (TPSA) is 60.2 Å². The van der Waals surface area contributed by atoms with Crippen LogP contribution in [0.3, 0.4) is 0 Å². The summed E-state index contributed by atoms with van der Waals surface area (Å²) in [6.45, 7) is 3.67. The Kier molecular flexibility index (Phi) is 4.64. The van der Waals surface area contributed by atoms with E-state index in [1.807, 2.05) is 35.2 Å². The van der Waals surface area contributed by atoms with Crippen LogP contribution in [0.2, 0.25) is 0 Å². The monoisotopic (exact) mass is 388 g/mol. The minimum Gasteiger partial charge on any atom is -0.497 e. The lowest BCUT2D eigenvalue weighted by Gasteiger charge is -2.43. The maximum atomic E-state index is 12.6. The predicted molar refractivity (Wildman–Crippen MR) is 111 cm³/mol. The van der Waals surface area contributed by atoms with Crippen molar-refractivity contribution in [3.05, 3.63) is 76.7 Å². The molecule has 2 aliphatic heterocycles. The second-order valence-corrected chi connectivity index (χ2v) is 8.05. The molecule has 0 unspecified atom stereocenters. The van der Waals surface area contributed by atoms with Gasteiger partial charge in [0.1, 0.15) is 12.1 Å². The molecule has 0 aliphatic carbocycles. The Morgan fingerprint density at radius 2 is 1.83 bits per heavy atom. The lowest BCUT2D eigenvalue weighted by Crippen LogP contribution is -2.47. The van der Waals surface area contributed by atoms with Crippen molar-refractivity contribution >= 4 is 0 Å². The molecule has 0 amide bonds. The highest BCUT2D eigenvalue weighted by Gasteiger charge is 2.36. The van der Waals surface area contributed by atoms with E-state index in [-0.39, 0.29) is 5.56 Å². The summed E-state index contributed by atoms with van der Waals surface area (Å²) < 4.78 is 7.26. The minimum absolute atomic E-state index is 0.0962. The van der Waals surface area contributed by atoms with Crippen LogP contribution in [0.4, 0.5) is 0 Å². The van der Waals surface area contributed by atoms with E-state index < -0.39 is 0 Å². The lowest BCUT2D eigenvalue weighted by molar-refractivity contribution is 0.115. The number of piperidine rings is 1. The molecule has 2 bridgehead atoms. The maximum absolute atomic E-state index is 12.6. The van der Waals surface area contributed by atoms with Gasteiger partial charge < -0.3 is 9.30 Å². The van der Waals surface area contributed by atoms with Crippen LogP contribution < -0.4 is 10.3 Å². The van der Waals surface area contributed by atoms with Crippen LogP contribution >= 0.6 is 0 Å². The fraction of sp³-hybridized carbons (Fsp3) is 0.348. The smallest absolute Gasteiger partial charge is 0.250 e. The molecule has 29 heavy (non-hydrogen) atoms. The Morgan fingerprint density at radius 1 is 1.03 bits per heavy atom. The summed E-state index contributed by atoms with van der Waals surface area (Å²) in [5, 5.41) is 0. The molecule has 4 heterocycles. The van der Waals surface area contributed by atoms with Crippen molar-refractivity contribution in [1.29, 1.82) is 0 Å². The molecule has 0 spiro atoms. The SMILES string of the molecule is COc1ccc(CN2C[C@H]3C[C@H](C2)c2c(-c4cncnc4)ccc(=O)n2C3)cc1. The summed E-state index contributed by atoms with van der Waals surface area (Å²) in [6, 6.07) is 11.9. The molecule has 2 aromatic heterocycles. The molecule has 5 rings (SSSR count). The second kappa shape index (κ2) is 7.44. The van der Waals surface area contributed by atoms with Crippen LogP contribution in [0.5, 0.6) is 5.75 Å². The molecule has 6 heteroatoms. The van der Waals surface area contributed by atoms with Gasteiger partial charge in [-0.25, -0.2) is 9.97 Å². The van der Waals surface area contributed by atoms with Crippen molar-refractivity contribution < 1.29 is 4.74 Å². The van der Waals surface area contributed by atoms with E-state index in [4.69, 9.17) is 4.74 Å². The largest absolute Gasteiger partial charge is 0.497 e. The summed E-state index contributed by atoms with van der Waals surface area (Å²) in [5.41, 5.74) is 4.58. The van der Waals surface area contributed by atoms with E-state index in [2.05, 4.69) is 27.0 Å². The Labute approximate surface area is 169 Å². The van der Waals surface area contributed by atoms with Crippen LogP contribution in [-0.4, -0.2) is 39.6 Å². The average Bonchev–Trinajstić information content (AvgIpc) is 2.75. The first-order valence-corrected chi connectivity index (χ1v) is 10.1. The van der Waals surface area contributed by atoms with Gasteiger partial charge in [-0.05, 0) is 36.1 Å². The summed E-state index contributed by atoms with van der Waals surface area (Å²) in [7, 11) is 1.69. The molecule has 0 radical (unpaired) electrons. The van der Waals surface area contributed by atoms with Gasteiger partial charge in [0, 0.05) is 67.4 Å². The van der Waals surface area contributed by atoms with E-state index in [0.717, 1.165) is 55.2 Å². The van der Waals surface area contributed by atoms with Gasteiger partial charge in [-0.1, -0.05) is 12.1 Å². The summed E-state index contributed by atoms with van der Waals surface area (Å²) in [4.78, 5) is 23.5. The summed E-state index contributed by atoms with van der Waals surface area (Å²) in [6.07, 6.45) is 6.33. The molecule has 0 saturated carbocycles. The van der Waals surface area contributed by atoms with E-state index in [1.165, 1.54) is 11.9 Å². The molecule has 0 N–H and O–H groups in total. The zero-order valence-corrected chi connectivity index (χ0v) is 16.5. The number of likely N-dealkylation sites (tertiary alicyclic amines) is 1. The standard InChI is InChI=1S/C23H24N4O2/c1-29-20-4-2-16(3-5-20)11-26-12-17-8-18(14-26)23-21(19-9-24-15-25-10-19)6-7-22(28)27(23)13-17/h2-7,9-10,15,17-18H,8,11-14H2,1H3/t17-,18-/m1/s1. The first-order valence-electron chi connectivity index (χ1n) is 10.1. The number of pyridine rings is 1. The molecule has 2 aliphatic rings. The summed E-state index contributed by atoms with van der Waals surface area (Å²) in [5.74, 6) is 1.72. The predicted octanol–water partition coefficient (Wildman–Crippen LogP) is 2.93. The molecule has 1 aromatic carbocycles. The van der Waals surface area contributed by atoms with E-state index >= 15 is 0 Å². The fourth-order valence-corrected chi connectivity index (χ4v) is 4.91. The Balaban J connectivity index is 1.46. The highest BCUT2D eigenvalue weighted by Crippen LogP contribution is 2.39. The third kappa shape index (κ3) is 3.44. The van der Waals surface area contributed by atoms with Crippen LogP contribution in [0.1, 0.15) is 23.6 Å². The van der Waals surface area contributed by atoms with Crippen LogP contribution in [0.15, 0.2) is 59.9 Å². The third-order valence-electron chi connectivity index (χ3n) is 6.10. The zero-order chi connectivity index (χ0) is 19.8. The average molecular weight is 388 g/mol. The molecular weight excluding hydrogens is 364 g/mol. The van der Waals surface area contributed by atoms with Gasteiger partial charge >= 0.3 is 0 Å². The normalized spacial score (nSPS) is 20.9. The van der Waals surface area contributed by atoms with Gasteiger partial charge in [0.2, 0.25) is 0 Å². The van der Waals surface area contributed by atoms with Gasteiger partial charge in [-0.3, -0.25) is 9.69 Å². The zero-order valence-electron chi connectivity index (χ0n) is 16.5. The van der Waals surface area contributed by atoms with Gasteiger partial charge in [0.05, 0.1) is 7.11 Å².